The van der Waals surface area contributed by atoms with E-state index in [0.717, 1.165) is 11.3 Å². The SMILES string of the molecule is CC(C)C(=O)NCCNC(=O)c1ccc([N+](=O)[O-])s1. The van der Waals surface area contributed by atoms with Gasteiger partial charge in [-0.1, -0.05) is 25.2 Å². The van der Waals surface area contributed by atoms with Gasteiger partial charge in [0.05, 0.1) is 9.80 Å². The van der Waals surface area contributed by atoms with Gasteiger partial charge in [0.15, 0.2) is 0 Å². The van der Waals surface area contributed by atoms with E-state index in [4.69, 9.17) is 0 Å². The fourth-order valence-electron chi connectivity index (χ4n) is 1.20. The van der Waals surface area contributed by atoms with Crippen LogP contribution in [0.5, 0.6) is 0 Å². The van der Waals surface area contributed by atoms with E-state index < -0.39 is 4.92 Å². The Morgan fingerprint density at radius 2 is 1.95 bits per heavy atom. The highest BCUT2D eigenvalue weighted by molar-refractivity contribution is 7.17. The van der Waals surface area contributed by atoms with E-state index >= 15 is 0 Å². The summed E-state index contributed by atoms with van der Waals surface area (Å²) in [6.07, 6.45) is 0. The van der Waals surface area contributed by atoms with Crippen LogP contribution in [0.1, 0.15) is 23.5 Å². The highest BCUT2D eigenvalue weighted by Crippen LogP contribution is 2.23. The van der Waals surface area contributed by atoms with E-state index in [-0.39, 0.29) is 34.2 Å². The molecule has 7 nitrogen and oxygen atoms in total. The first-order chi connectivity index (χ1) is 8.91. The van der Waals surface area contributed by atoms with Crippen molar-refractivity contribution in [3.05, 3.63) is 27.1 Å². The molecule has 104 valence electrons. The van der Waals surface area contributed by atoms with Gasteiger partial charge in [-0.3, -0.25) is 19.7 Å². The quantitative estimate of drug-likeness (QED) is 0.465. The lowest BCUT2D eigenvalue weighted by Gasteiger charge is -2.07. The third-order valence-corrected chi connectivity index (χ3v) is 3.27. The van der Waals surface area contributed by atoms with Crippen molar-refractivity contribution in [2.45, 2.75) is 13.8 Å². The van der Waals surface area contributed by atoms with E-state index in [1.54, 1.807) is 13.8 Å². The molecule has 0 aliphatic heterocycles. The molecule has 1 heterocycles. The van der Waals surface area contributed by atoms with E-state index in [1.165, 1.54) is 12.1 Å². The van der Waals surface area contributed by atoms with Gasteiger partial charge in [0, 0.05) is 25.1 Å². The van der Waals surface area contributed by atoms with Crippen LogP contribution in [0.4, 0.5) is 5.00 Å². The van der Waals surface area contributed by atoms with Crippen LogP contribution in [0.3, 0.4) is 0 Å². The standard InChI is InChI=1S/C11H15N3O4S/c1-7(2)10(15)12-5-6-13-11(16)8-3-4-9(19-8)14(17)18/h3-4,7H,5-6H2,1-2H3,(H,12,15)(H,13,16). The van der Waals surface area contributed by atoms with Gasteiger partial charge < -0.3 is 10.6 Å². The molecule has 0 atom stereocenters. The molecule has 0 saturated carbocycles. The normalized spacial score (nSPS) is 10.3. The van der Waals surface area contributed by atoms with Crippen molar-refractivity contribution in [1.82, 2.24) is 10.6 Å². The maximum atomic E-state index is 11.6. The van der Waals surface area contributed by atoms with Gasteiger partial charge in [-0.2, -0.15) is 0 Å². The number of hydrogen-bond acceptors (Lipinski definition) is 5. The van der Waals surface area contributed by atoms with Crippen LogP contribution in [0.25, 0.3) is 0 Å². The predicted molar refractivity (Wildman–Crippen MR) is 71.2 cm³/mol. The van der Waals surface area contributed by atoms with Gasteiger partial charge in [-0.05, 0) is 6.07 Å². The van der Waals surface area contributed by atoms with Crippen molar-refractivity contribution >= 4 is 28.2 Å². The summed E-state index contributed by atoms with van der Waals surface area (Å²) in [5.74, 6) is -0.562. The van der Waals surface area contributed by atoms with E-state index in [1.807, 2.05) is 0 Å². The van der Waals surface area contributed by atoms with Crippen molar-refractivity contribution in [2.75, 3.05) is 13.1 Å². The molecule has 1 aromatic heterocycles. The molecular weight excluding hydrogens is 270 g/mol. The summed E-state index contributed by atoms with van der Waals surface area (Å²) in [4.78, 5) is 33.1. The fourth-order valence-corrected chi connectivity index (χ4v) is 1.94. The Morgan fingerprint density at radius 3 is 2.47 bits per heavy atom. The first kappa shape index (κ1) is 15.1. The summed E-state index contributed by atoms with van der Waals surface area (Å²) in [5, 5.41) is 15.6. The lowest BCUT2D eigenvalue weighted by Crippen LogP contribution is -2.36. The first-order valence-corrected chi connectivity index (χ1v) is 6.53. The second-order valence-corrected chi connectivity index (χ2v) is 5.16. The molecule has 2 amide bonds. The average Bonchev–Trinajstić information content (AvgIpc) is 2.83. The van der Waals surface area contributed by atoms with Crippen molar-refractivity contribution in [2.24, 2.45) is 5.92 Å². The van der Waals surface area contributed by atoms with Crippen molar-refractivity contribution in [1.29, 1.82) is 0 Å². The summed E-state index contributed by atoms with van der Waals surface area (Å²) in [7, 11) is 0. The molecule has 0 aliphatic carbocycles. The van der Waals surface area contributed by atoms with Gasteiger partial charge in [0.25, 0.3) is 5.91 Å². The first-order valence-electron chi connectivity index (χ1n) is 5.72. The zero-order chi connectivity index (χ0) is 14.4. The van der Waals surface area contributed by atoms with Gasteiger partial charge in [-0.25, -0.2) is 0 Å². The van der Waals surface area contributed by atoms with Crippen LogP contribution in [0.2, 0.25) is 0 Å². The number of carbonyl (C=O) groups is 2. The van der Waals surface area contributed by atoms with E-state index in [2.05, 4.69) is 10.6 Å². The number of hydrogen-bond donors (Lipinski definition) is 2. The van der Waals surface area contributed by atoms with E-state index in [9.17, 15) is 19.7 Å². The minimum absolute atomic E-state index is 0.0711. The van der Waals surface area contributed by atoms with Crippen LogP contribution >= 0.6 is 11.3 Å². The monoisotopic (exact) mass is 285 g/mol. The molecule has 0 aromatic carbocycles. The zero-order valence-electron chi connectivity index (χ0n) is 10.6. The number of nitro groups is 1. The maximum Gasteiger partial charge on any atom is 0.324 e. The molecule has 0 aliphatic rings. The molecule has 8 heteroatoms. The number of rotatable bonds is 6. The number of thiophene rings is 1. The van der Waals surface area contributed by atoms with E-state index in [0.29, 0.717) is 6.54 Å². The summed E-state index contributed by atoms with van der Waals surface area (Å²) in [6, 6.07) is 2.70. The second kappa shape index (κ2) is 6.83. The largest absolute Gasteiger partial charge is 0.354 e. The Balaban J connectivity index is 2.35. The topological polar surface area (TPSA) is 101 Å². The third-order valence-electron chi connectivity index (χ3n) is 2.23. The smallest absolute Gasteiger partial charge is 0.324 e. The molecule has 0 unspecified atom stereocenters. The minimum Gasteiger partial charge on any atom is -0.354 e. The molecule has 19 heavy (non-hydrogen) atoms. The summed E-state index contributed by atoms with van der Waals surface area (Å²) in [6.45, 7) is 4.16. The number of amides is 2. The number of nitrogens with one attached hydrogen (secondary N) is 2. The molecular formula is C11H15N3O4S. The van der Waals surface area contributed by atoms with Crippen molar-refractivity contribution < 1.29 is 14.5 Å². The third kappa shape index (κ3) is 4.66. The van der Waals surface area contributed by atoms with Crippen LogP contribution in [-0.4, -0.2) is 29.8 Å². The van der Waals surface area contributed by atoms with Crippen molar-refractivity contribution in [3.8, 4) is 0 Å². The zero-order valence-corrected chi connectivity index (χ0v) is 11.5. The summed E-state index contributed by atoms with van der Waals surface area (Å²) >= 11 is 0.820. The highest BCUT2D eigenvalue weighted by Gasteiger charge is 2.14. The van der Waals surface area contributed by atoms with Crippen LogP contribution in [0.15, 0.2) is 12.1 Å². The summed E-state index contributed by atoms with van der Waals surface area (Å²) < 4.78 is 0. The van der Waals surface area contributed by atoms with Crippen LogP contribution < -0.4 is 10.6 Å². The van der Waals surface area contributed by atoms with Gasteiger partial charge in [-0.15, -0.1) is 0 Å². The number of nitrogens with zero attached hydrogens (tertiary/aromatic N) is 1. The van der Waals surface area contributed by atoms with Crippen LogP contribution in [0, 0.1) is 16.0 Å². The summed E-state index contributed by atoms with van der Waals surface area (Å²) in [5.41, 5.74) is 0. The molecule has 0 radical (unpaired) electrons. The highest BCUT2D eigenvalue weighted by atomic mass is 32.1. The Labute approximate surface area is 114 Å². The predicted octanol–water partition coefficient (Wildman–Crippen LogP) is 1.16. The molecule has 2 N–H and O–H groups in total. The van der Waals surface area contributed by atoms with Crippen molar-refractivity contribution in [3.63, 3.8) is 0 Å². The fraction of sp³-hybridized carbons (Fsp3) is 0.455. The lowest BCUT2D eigenvalue weighted by atomic mass is 10.2. The Kier molecular flexibility index (Phi) is 5.43. The molecule has 0 bridgehead atoms. The van der Waals surface area contributed by atoms with Gasteiger partial charge in [0.2, 0.25) is 5.91 Å². The Hall–Kier alpha value is -1.96. The van der Waals surface area contributed by atoms with Gasteiger partial charge in [0.1, 0.15) is 0 Å². The second-order valence-electron chi connectivity index (χ2n) is 4.10. The minimum atomic E-state index is -0.537. The Bertz CT molecular complexity index is 484. The molecule has 0 saturated heterocycles. The number of carbonyl (C=O) groups excluding carboxylic acids is 2. The molecule has 1 rings (SSSR count). The molecule has 0 fully saturated rings. The lowest BCUT2D eigenvalue weighted by molar-refractivity contribution is -0.380. The maximum absolute atomic E-state index is 11.6. The molecule has 1 aromatic rings. The van der Waals surface area contributed by atoms with Crippen LogP contribution in [-0.2, 0) is 4.79 Å². The molecule has 0 spiro atoms. The van der Waals surface area contributed by atoms with Gasteiger partial charge >= 0.3 is 5.00 Å². The Morgan fingerprint density at radius 1 is 1.32 bits per heavy atom. The average molecular weight is 285 g/mol.